The van der Waals surface area contributed by atoms with Crippen LogP contribution in [-0.2, 0) is 9.84 Å². The lowest BCUT2D eigenvalue weighted by Crippen LogP contribution is -2.42. The molecule has 0 amide bonds. The van der Waals surface area contributed by atoms with Crippen LogP contribution in [0.2, 0.25) is 0 Å². The van der Waals surface area contributed by atoms with E-state index in [2.05, 4.69) is 15.6 Å². The van der Waals surface area contributed by atoms with Gasteiger partial charge in [-0.15, -0.1) is 0 Å². The number of hydrogen-bond donors (Lipinski definition) is 2. The Hall–Kier alpha value is -1.83. The Morgan fingerprint density at radius 1 is 1.33 bits per heavy atom. The molecule has 1 unspecified atom stereocenters. The Morgan fingerprint density at radius 2 is 2.04 bits per heavy atom. The van der Waals surface area contributed by atoms with Crippen LogP contribution < -0.4 is 15.4 Å². The minimum Gasteiger partial charge on any atom is -0.489 e. The summed E-state index contributed by atoms with van der Waals surface area (Å²) in [5.74, 6) is 0.935. The summed E-state index contributed by atoms with van der Waals surface area (Å²) in [6.45, 7) is 9.55. The van der Waals surface area contributed by atoms with Gasteiger partial charge in [0.15, 0.2) is 5.96 Å². The molecule has 0 spiro atoms. The van der Waals surface area contributed by atoms with E-state index in [-0.39, 0.29) is 23.1 Å². The second-order valence-electron chi connectivity index (χ2n) is 7.51. The number of halogens is 1. The zero-order valence-electron chi connectivity index (χ0n) is 16.9. The first-order chi connectivity index (χ1) is 12.5. The highest BCUT2D eigenvalue weighted by Crippen LogP contribution is 2.21. The van der Waals surface area contributed by atoms with Gasteiger partial charge in [0.1, 0.15) is 27.5 Å². The van der Waals surface area contributed by atoms with Crippen LogP contribution in [0.25, 0.3) is 0 Å². The predicted octanol–water partition coefficient (Wildman–Crippen LogP) is 2.61. The summed E-state index contributed by atoms with van der Waals surface area (Å²) in [6, 6.07) is 6.04. The molecule has 0 heterocycles. The molecule has 0 saturated heterocycles. The molecular weight excluding hydrogens is 369 g/mol. The second-order valence-corrected chi connectivity index (χ2v) is 9.77. The first-order valence-corrected chi connectivity index (χ1v) is 11.2. The van der Waals surface area contributed by atoms with E-state index in [1.165, 1.54) is 18.4 Å². The third kappa shape index (κ3) is 10.8. The Bertz CT molecular complexity index is 721. The molecule has 1 aromatic rings. The van der Waals surface area contributed by atoms with Gasteiger partial charge in [0.2, 0.25) is 0 Å². The summed E-state index contributed by atoms with van der Waals surface area (Å²) in [5.41, 5.74) is -0.227. The van der Waals surface area contributed by atoms with E-state index in [1.807, 2.05) is 27.7 Å². The molecule has 0 aromatic heterocycles. The second kappa shape index (κ2) is 10.5. The van der Waals surface area contributed by atoms with Gasteiger partial charge < -0.3 is 15.4 Å². The quantitative estimate of drug-likeness (QED) is 0.465. The molecule has 1 aromatic carbocycles. The van der Waals surface area contributed by atoms with Crippen LogP contribution in [0.5, 0.6) is 5.75 Å². The fourth-order valence-electron chi connectivity index (χ4n) is 2.23. The van der Waals surface area contributed by atoms with E-state index in [0.29, 0.717) is 37.8 Å². The number of guanidine groups is 1. The minimum atomic E-state index is -2.98. The molecule has 0 bridgehead atoms. The third-order valence-corrected chi connectivity index (χ3v) is 4.80. The van der Waals surface area contributed by atoms with Gasteiger partial charge >= 0.3 is 0 Å². The van der Waals surface area contributed by atoms with E-state index in [0.717, 1.165) is 0 Å². The standard InChI is InChI=1S/C19H32FN3O3S/c1-6-21-18(23-14-19(3,4)10-11-27(5,24)25)22-13-15(2)26-17-9-7-8-16(20)12-17/h7-9,12,15H,6,10-11,13-14H2,1-5H3,(H2,21,22,23). The molecule has 1 rings (SSSR count). The fraction of sp³-hybridized carbons (Fsp3) is 0.632. The first-order valence-electron chi connectivity index (χ1n) is 9.13. The Morgan fingerprint density at radius 3 is 2.63 bits per heavy atom. The van der Waals surface area contributed by atoms with E-state index >= 15 is 0 Å². The lowest BCUT2D eigenvalue weighted by Gasteiger charge is -2.23. The minimum absolute atomic E-state index is 0.151. The van der Waals surface area contributed by atoms with Crippen molar-refractivity contribution in [2.24, 2.45) is 10.4 Å². The lowest BCUT2D eigenvalue weighted by atomic mass is 9.90. The summed E-state index contributed by atoms with van der Waals surface area (Å²) >= 11 is 0. The highest BCUT2D eigenvalue weighted by Gasteiger charge is 2.20. The molecule has 8 heteroatoms. The van der Waals surface area contributed by atoms with Gasteiger partial charge in [0.25, 0.3) is 0 Å². The van der Waals surface area contributed by atoms with E-state index in [1.54, 1.807) is 12.1 Å². The summed E-state index contributed by atoms with van der Waals surface area (Å²) < 4.78 is 41.6. The maximum absolute atomic E-state index is 13.2. The zero-order valence-corrected chi connectivity index (χ0v) is 17.7. The third-order valence-electron chi connectivity index (χ3n) is 3.85. The van der Waals surface area contributed by atoms with Crippen molar-refractivity contribution in [3.05, 3.63) is 30.1 Å². The van der Waals surface area contributed by atoms with Crippen molar-refractivity contribution >= 4 is 15.8 Å². The van der Waals surface area contributed by atoms with Crippen LogP contribution in [0.4, 0.5) is 4.39 Å². The topological polar surface area (TPSA) is 79.8 Å². The number of rotatable bonds is 10. The van der Waals surface area contributed by atoms with Crippen molar-refractivity contribution in [2.45, 2.75) is 40.2 Å². The highest BCUT2D eigenvalue weighted by molar-refractivity contribution is 7.90. The number of hydrogen-bond acceptors (Lipinski definition) is 4. The molecule has 0 saturated carbocycles. The molecule has 27 heavy (non-hydrogen) atoms. The molecule has 6 nitrogen and oxygen atoms in total. The summed E-state index contributed by atoms with van der Waals surface area (Å²) in [6.07, 6.45) is 1.61. The lowest BCUT2D eigenvalue weighted by molar-refractivity contribution is 0.223. The molecule has 154 valence electrons. The fourth-order valence-corrected chi connectivity index (χ4v) is 3.15. The summed E-state index contributed by atoms with van der Waals surface area (Å²) in [5, 5.41) is 6.36. The zero-order chi connectivity index (χ0) is 20.5. The van der Waals surface area contributed by atoms with Crippen LogP contribution >= 0.6 is 0 Å². The van der Waals surface area contributed by atoms with Crippen LogP contribution in [0.3, 0.4) is 0 Å². The number of aliphatic imine (C=N–C) groups is 1. The van der Waals surface area contributed by atoms with Crippen molar-refractivity contribution in [3.8, 4) is 5.75 Å². The van der Waals surface area contributed by atoms with Crippen molar-refractivity contribution in [1.82, 2.24) is 10.6 Å². The molecule has 0 aliphatic heterocycles. The van der Waals surface area contributed by atoms with Crippen LogP contribution in [-0.4, -0.2) is 52.1 Å². The van der Waals surface area contributed by atoms with Crippen LogP contribution in [0, 0.1) is 11.2 Å². The Labute approximate surface area is 162 Å². The Kier molecular flexibility index (Phi) is 9.02. The van der Waals surface area contributed by atoms with Crippen LogP contribution in [0.1, 0.15) is 34.1 Å². The van der Waals surface area contributed by atoms with E-state index in [9.17, 15) is 12.8 Å². The number of nitrogens with one attached hydrogen (secondary N) is 2. The van der Waals surface area contributed by atoms with Gasteiger partial charge in [-0.2, -0.15) is 0 Å². The largest absolute Gasteiger partial charge is 0.489 e. The number of ether oxygens (including phenoxy) is 1. The molecule has 0 radical (unpaired) electrons. The molecule has 0 aliphatic carbocycles. The normalized spacial score (nSPS) is 13.9. The first kappa shape index (κ1) is 23.2. The van der Waals surface area contributed by atoms with E-state index < -0.39 is 9.84 Å². The maximum Gasteiger partial charge on any atom is 0.191 e. The van der Waals surface area contributed by atoms with Gasteiger partial charge in [-0.1, -0.05) is 19.9 Å². The van der Waals surface area contributed by atoms with Crippen molar-refractivity contribution < 1.29 is 17.5 Å². The monoisotopic (exact) mass is 401 g/mol. The van der Waals surface area contributed by atoms with Crippen molar-refractivity contribution in [3.63, 3.8) is 0 Å². The molecule has 2 N–H and O–H groups in total. The average Bonchev–Trinajstić information content (AvgIpc) is 2.55. The molecule has 0 fully saturated rings. The number of sulfone groups is 1. The maximum atomic E-state index is 13.2. The van der Waals surface area contributed by atoms with Crippen LogP contribution in [0.15, 0.2) is 29.3 Å². The SMILES string of the molecule is CCNC(=NCC(C)(C)CCS(C)(=O)=O)NCC(C)Oc1cccc(F)c1. The van der Waals surface area contributed by atoms with Crippen molar-refractivity contribution in [1.29, 1.82) is 0 Å². The van der Waals surface area contributed by atoms with Gasteiger partial charge in [-0.3, -0.25) is 4.99 Å². The molecule has 0 aliphatic rings. The number of benzene rings is 1. The van der Waals surface area contributed by atoms with Crippen molar-refractivity contribution in [2.75, 3.05) is 31.6 Å². The smallest absolute Gasteiger partial charge is 0.191 e. The van der Waals surface area contributed by atoms with E-state index in [4.69, 9.17) is 4.74 Å². The average molecular weight is 402 g/mol. The summed E-state index contributed by atoms with van der Waals surface area (Å²) in [4.78, 5) is 4.56. The predicted molar refractivity (Wildman–Crippen MR) is 109 cm³/mol. The molecule has 1 atom stereocenters. The summed E-state index contributed by atoms with van der Waals surface area (Å²) in [7, 11) is -2.98. The van der Waals surface area contributed by atoms with Gasteiger partial charge in [-0.25, -0.2) is 12.8 Å². The Balaban J connectivity index is 2.57. The van der Waals surface area contributed by atoms with Gasteiger partial charge in [0.05, 0.1) is 12.3 Å². The highest BCUT2D eigenvalue weighted by atomic mass is 32.2. The molecular formula is C19H32FN3O3S. The number of nitrogens with zero attached hydrogens (tertiary/aromatic N) is 1. The van der Waals surface area contributed by atoms with Gasteiger partial charge in [-0.05, 0) is 37.8 Å². The van der Waals surface area contributed by atoms with Gasteiger partial charge in [0, 0.05) is 25.4 Å².